The Labute approximate surface area is 147 Å². The summed E-state index contributed by atoms with van der Waals surface area (Å²) in [5.41, 5.74) is 2.88. The highest BCUT2D eigenvalue weighted by Crippen LogP contribution is 2.28. The number of nitrogens with zero attached hydrogens (tertiary/aromatic N) is 1. The molecule has 0 N–H and O–H groups in total. The van der Waals surface area contributed by atoms with Gasteiger partial charge in [0.05, 0.1) is 13.2 Å². The van der Waals surface area contributed by atoms with Gasteiger partial charge in [0.2, 0.25) is 0 Å². The molecule has 1 amide bonds. The van der Waals surface area contributed by atoms with E-state index in [1.165, 1.54) is 12.1 Å². The van der Waals surface area contributed by atoms with Crippen LogP contribution in [-0.2, 0) is 16.0 Å². The van der Waals surface area contributed by atoms with Crippen molar-refractivity contribution in [3.05, 3.63) is 53.8 Å². The molecule has 4 nitrogen and oxygen atoms in total. The fourth-order valence-electron chi connectivity index (χ4n) is 2.96. The molecule has 0 bridgehead atoms. The molecule has 0 aliphatic carbocycles. The molecule has 1 heterocycles. The van der Waals surface area contributed by atoms with Gasteiger partial charge in [-0.2, -0.15) is 0 Å². The number of carbonyl (C=O) groups is 1. The van der Waals surface area contributed by atoms with Crippen molar-refractivity contribution in [1.29, 1.82) is 0 Å². The number of benzene rings is 2. The number of carbonyl (C=O) groups excluding carboxylic acids is 1. The monoisotopic (exact) mass is 343 g/mol. The molecular weight excluding hydrogens is 321 g/mol. The van der Waals surface area contributed by atoms with Crippen LogP contribution in [0.2, 0.25) is 0 Å². The lowest BCUT2D eigenvalue weighted by Gasteiger charge is -2.26. The molecule has 1 saturated heterocycles. The lowest BCUT2D eigenvalue weighted by atomic mass is 9.98. The zero-order valence-corrected chi connectivity index (χ0v) is 14.3. The first kappa shape index (κ1) is 17.4. The van der Waals surface area contributed by atoms with Gasteiger partial charge in [0.1, 0.15) is 11.6 Å². The summed E-state index contributed by atoms with van der Waals surface area (Å²) in [4.78, 5) is 13.9. The molecule has 132 valence electrons. The molecule has 3 rings (SSSR count). The normalized spacial score (nSPS) is 14.4. The van der Waals surface area contributed by atoms with Gasteiger partial charge >= 0.3 is 0 Å². The van der Waals surface area contributed by atoms with E-state index >= 15 is 0 Å². The Bertz CT molecular complexity index is 741. The van der Waals surface area contributed by atoms with Gasteiger partial charge in [-0.3, -0.25) is 4.79 Å². The fourth-order valence-corrected chi connectivity index (χ4v) is 2.96. The summed E-state index contributed by atoms with van der Waals surface area (Å²) in [6, 6.07) is 12.5. The van der Waals surface area contributed by atoms with Crippen LogP contribution in [0.25, 0.3) is 11.1 Å². The Hall–Kier alpha value is -2.40. The molecule has 2 aromatic rings. The molecule has 5 heteroatoms. The van der Waals surface area contributed by atoms with Crippen molar-refractivity contribution < 1.29 is 18.7 Å². The van der Waals surface area contributed by atoms with Crippen LogP contribution in [0.3, 0.4) is 0 Å². The summed E-state index contributed by atoms with van der Waals surface area (Å²) >= 11 is 0. The number of hydrogen-bond donors (Lipinski definition) is 0. The maximum absolute atomic E-state index is 14.0. The van der Waals surface area contributed by atoms with Crippen molar-refractivity contribution in [3.8, 4) is 16.9 Å². The van der Waals surface area contributed by atoms with E-state index < -0.39 is 0 Å². The van der Waals surface area contributed by atoms with Crippen molar-refractivity contribution in [1.82, 2.24) is 4.90 Å². The standard InChI is InChI=1S/C20H22FNO3/c1-2-15-5-3-4-6-19(15)16-11-17(21)13-18(12-16)25-14-20(23)22-7-9-24-10-8-22/h3-6,11-13H,2,7-10,14H2,1H3. The summed E-state index contributed by atoms with van der Waals surface area (Å²) in [6.07, 6.45) is 0.860. The first-order valence-electron chi connectivity index (χ1n) is 8.54. The van der Waals surface area contributed by atoms with Gasteiger partial charge in [-0.05, 0) is 35.2 Å². The number of ether oxygens (including phenoxy) is 2. The predicted octanol–water partition coefficient (Wildman–Crippen LogP) is 3.29. The van der Waals surface area contributed by atoms with Gasteiger partial charge in [-0.1, -0.05) is 31.2 Å². The number of morpholine rings is 1. The molecule has 1 aliphatic heterocycles. The van der Waals surface area contributed by atoms with Crippen LogP contribution >= 0.6 is 0 Å². The molecule has 2 aromatic carbocycles. The van der Waals surface area contributed by atoms with E-state index in [1.54, 1.807) is 11.0 Å². The van der Waals surface area contributed by atoms with Crippen LogP contribution in [0.15, 0.2) is 42.5 Å². The highest BCUT2D eigenvalue weighted by molar-refractivity contribution is 5.78. The van der Waals surface area contributed by atoms with Gasteiger partial charge in [-0.25, -0.2) is 4.39 Å². The van der Waals surface area contributed by atoms with Crippen LogP contribution in [-0.4, -0.2) is 43.7 Å². The van der Waals surface area contributed by atoms with Gasteiger partial charge < -0.3 is 14.4 Å². The fraction of sp³-hybridized carbons (Fsp3) is 0.350. The highest BCUT2D eigenvalue weighted by Gasteiger charge is 2.17. The minimum atomic E-state index is -0.378. The second-order valence-corrected chi connectivity index (χ2v) is 5.97. The third-order valence-electron chi connectivity index (χ3n) is 4.31. The topological polar surface area (TPSA) is 38.8 Å². The molecule has 0 saturated carbocycles. The first-order valence-corrected chi connectivity index (χ1v) is 8.54. The van der Waals surface area contributed by atoms with Gasteiger partial charge in [-0.15, -0.1) is 0 Å². The van der Waals surface area contributed by atoms with Crippen molar-refractivity contribution in [2.45, 2.75) is 13.3 Å². The number of amides is 1. The van der Waals surface area contributed by atoms with E-state index in [0.29, 0.717) is 32.1 Å². The number of halogens is 1. The number of aryl methyl sites for hydroxylation is 1. The summed E-state index contributed by atoms with van der Waals surface area (Å²) in [7, 11) is 0. The minimum absolute atomic E-state index is 0.0989. The molecule has 25 heavy (non-hydrogen) atoms. The Balaban J connectivity index is 1.74. The summed E-state index contributed by atoms with van der Waals surface area (Å²) < 4.78 is 24.8. The quantitative estimate of drug-likeness (QED) is 0.836. The predicted molar refractivity (Wildman–Crippen MR) is 94.1 cm³/mol. The second kappa shape index (κ2) is 8.12. The van der Waals surface area contributed by atoms with E-state index in [2.05, 4.69) is 6.92 Å². The number of rotatable bonds is 5. The van der Waals surface area contributed by atoms with Crippen molar-refractivity contribution in [2.75, 3.05) is 32.9 Å². The van der Waals surface area contributed by atoms with E-state index in [0.717, 1.165) is 23.1 Å². The molecule has 0 spiro atoms. The third kappa shape index (κ3) is 4.37. The van der Waals surface area contributed by atoms with Gasteiger partial charge in [0.15, 0.2) is 6.61 Å². The molecular formula is C20H22FNO3. The van der Waals surface area contributed by atoms with E-state index in [1.807, 2.05) is 24.3 Å². The average Bonchev–Trinajstić information content (AvgIpc) is 2.66. The van der Waals surface area contributed by atoms with Crippen molar-refractivity contribution >= 4 is 5.91 Å². The Morgan fingerprint density at radius 1 is 1.20 bits per heavy atom. The maximum atomic E-state index is 14.0. The van der Waals surface area contributed by atoms with Crippen LogP contribution in [0, 0.1) is 5.82 Å². The van der Waals surface area contributed by atoms with Gasteiger partial charge in [0.25, 0.3) is 5.91 Å². The van der Waals surface area contributed by atoms with Crippen LogP contribution in [0.5, 0.6) is 5.75 Å². The summed E-state index contributed by atoms with van der Waals surface area (Å²) in [5, 5.41) is 0. The first-order chi connectivity index (χ1) is 12.2. The summed E-state index contributed by atoms with van der Waals surface area (Å²) in [6.45, 7) is 4.20. The highest BCUT2D eigenvalue weighted by atomic mass is 19.1. The van der Waals surface area contributed by atoms with Crippen LogP contribution in [0.1, 0.15) is 12.5 Å². The van der Waals surface area contributed by atoms with E-state index in [4.69, 9.17) is 9.47 Å². The Morgan fingerprint density at radius 2 is 1.96 bits per heavy atom. The average molecular weight is 343 g/mol. The minimum Gasteiger partial charge on any atom is -0.484 e. The largest absolute Gasteiger partial charge is 0.484 e. The van der Waals surface area contributed by atoms with E-state index in [9.17, 15) is 9.18 Å². The Kier molecular flexibility index (Phi) is 5.66. The number of hydrogen-bond acceptors (Lipinski definition) is 3. The van der Waals surface area contributed by atoms with Crippen LogP contribution in [0.4, 0.5) is 4.39 Å². The zero-order chi connectivity index (χ0) is 17.6. The SMILES string of the molecule is CCc1ccccc1-c1cc(F)cc(OCC(=O)N2CCOCC2)c1. The summed E-state index contributed by atoms with van der Waals surface area (Å²) in [5.74, 6) is -0.122. The van der Waals surface area contributed by atoms with Crippen LogP contribution < -0.4 is 4.74 Å². The van der Waals surface area contributed by atoms with Crippen molar-refractivity contribution in [2.24, 2.45) is 0 Å². The molecule has 0 radical (unpaired) electrons. The third-order valence-corrected chi connectivity index (χ3v) is 4.31. The molecule has 0 aromatic heterocycles. The van der Waals surface area contributed by atoms with Crippen molar-refractivity contribution in [3.63, 3.8) is 0 Å². The smallest absolute Gasteiger partial charge is 0.260 e. The van der Waals surface area contributed by atoms with E-state index in [-0.39, 0.29) is 18.3 Å². The Morgan fingerprint density at radius 3 is 2.72 bits per heavy atom. The zero-order valence-electron chi connectivity index (χ0n) is 14.3. The molecule has 0 atom stereocenters. The lowest BCUT2D eigenvalue weighted by molar-refractivity contribution is -0.137. The van der Waals surface area contributed by atoms with Gasteiger partial charge in [0, 0.05) is 19.2 Å². The molecule has 0 unspecified atom stereocenters. The molecule has 1 aliphatic rings. The molecule has 1 fully saturated rings. The second-order valence-electron chi connectivity index (χ2n) is 5.97. The lowest BCUT2D eigenvalue weighted by Crippen LogP contribution is -2.42. The maximum Gasteiger partial charge on any atom is 0.260 e.